The third-order valence-electron chi connectivity index (χ3n) is 5.21. The highest BCUT2D eigenvalue weighted by Crippen LogP contribution is 2.41. The van der Waals surface area contributed by atoms with Gasteiger partial charge in [0.1, 0.15) is 11.6 Å². The maximum absolute atomic E-state index is 13.6. The van der Waals surface area contributed by atoms with E-state index in [0.717, 1.165) is 16.8 Å². The molecular weight excluding hydrogens is 439 g/mol. The Bertz CT molecular complexity index is 1290. The molecule has 8 heteroatoms. The van der Waals surface area contributed by atoms with Crippen LogP contribution in [0.5, 0.6) is 17.2 Å². The summed E-state index contributed by atoms with van der Waals surface area (Å²) in [7, 11) is 3.00. The van der Waals surface area contributed by atoms with Crippen LogP contribution in [0.3, 0.4) is 0 Å². The minimum Gasteiger partial charge on any atom is -0.493 e. The largest absolute Gasteiger partial charge is 0.493 e. The van der Waals surface area contributed by atoms with Crippen molar-refractivity contribution in [1.82, 2.24) is 9.78 Å². The van der Waals surface area contributed by atoms with Crippen molar-refractivity contribution >= 4 is 5.97 Å². The number of aromatic nitrogens is 2. The van der Waals surface area contributed by atoms with E-state index in [9.17, 15) is 9.18 Å². The van der Waals surface area contributed by atoms with Crippen molar-refractivity contribution in [3.63, 3.8) is 0 Å². The van der Waals surface area contributed by atoms with Crippen LogP contribution >= 0.6 is 0 Å². The maximum Gasteiger partial charge on any atom is 0.341 e. The van der Waals surface area contributed by atoms with E-state index in [-0.39, 0.29) is 11.6 Å². The molecule has 0 aliphatic carbocycles. The van der Waals surface area contributed by atoms with E-state index in [0.29, 0.717) is 29.3 Å². The van der Waals surface area contributed by atoms with Crippen LogP contribution in [0, 0.1) is 5.82 Å². The predicted molar refractivity (Wildman–Crippen MR) is 125 cm³/mol. The quantitative estimate of drug-likeness (QED) is 0.382. The molecule has 4 rings (SSSR count). The molecule has 0 unspecified atom stereocenters. The van der Waals surface area contributed by atoms with E-state index in [4.69, 9.17) is 24.4 Å². The Balaban J connectivity index is 1.85. The summed E-state index contributed by atoms with van der Waals surface area (Å²) in [5.41, 5.74) is 3.66. The topological polar surface area (TPSA) is 82.8 Å². The third-order valence-corrected chi connectivity index (χ3v) is 5.21. The van der Waals surface area contributed by atoms with Gasteiger partial charge in [-0.25, -0.2) is 9.18 Å². The Kier molecular flexibility index (Phi) is 6.77. The zero-order chi connectivity index (χ0) is 24.1. The normalized spacial score (nSPS) is 10.7. The number of nitrogens with zero attached hydrogens (tertiary/aromatic N) is 2. The van der Waals surface area contributed by atoms with Gasteiger partial charge in [0.2, 0.25) is 0 Å². The lowest BCUT2D eigenvalue weighted by Crippen LogP contribution is -2.10. The monoisotopic (exact) mass is 462 g/mol. The molecule has 1 N–H and O–H groups in total. The first-order valence-electron chi connectivity index (χ1n) is 10.5. The third kappa shape index (κ3) is 5.01. The van der Waals surface area contributed by atoms with E-state index in [1.807, 2.05) is 41.1 Å². The highest BCUT2D eigenvalue weighted by atomic mass is 19.1. The van der Waals surface area contributed by atoms with Gasteiger partial charge in [-0.2, -0.15) is 5.10 Å². The van der Waals surface area contributed by atoms with Crippen LogP contribution in [0.4, 0.5) is 4.39 Å². The number of benzene rings is 3. The number of hydrogen-bond acceptors (Lipinski definition) is 5. The number of carbonyl (C=O) groups is 1. The van der Waals surface area contributed by atoms with E-state index >= 15 is 0 Å². The standard InChI is InChI=1S/C26H23FN2O5/c1-32-24-12-20(23(14-25(24)33-2)34-16-26(30)31)21-13-22(18-8-10-19(27)11-9-18)29(28-21)15-17-6-4-3-5-7-17/h3-14H,15-16H2,1-2H3,(H,30,31). The zero-order valence-electron chi connectivity index (χ0n) is 18.7. The molecule has 0 saturated carbocycles. The first-order chi connectivity index (χ1) is 16.5. The number of aliphatic carboxylic acids is 1. The van der Waals surface area contributed by atoms with Crippen LogP contribution in [-0.2, 0) is 11.3 Å². The molecular formula is C26H23FN2O5. The van der Waals surface area contributed by atoms with Crippen LogP contribution in [-0.4, -0.2) is 41.7 Å². The summed E-state index contributed by atoms with van der Waals surface area (Å²) in [6, 6.07) is 21.1. The molecule has 1 heterocycles. The molecule has 0 amide bonds. The summed E-state index contributed by atoms with van der Waals surface area (Å²) < 4.78 is 31.7. The van der Waals surface area contributed by atoms with E-state index < -0.39 is 12.6 Å². The summed E-state index contributed by atoms with van der Waals surface area (Å²) in [6.45, 7) is -0.0514. The van der Waals surface area contributed by atoms with Crippen LogP contribution in [0.2, 0.25) is 0 Å². The van der Waals surface area contributed by atoms with Crippen molar-refractivity contribution in [2.24, 2.45) is 0 Å². The summed E-state index contributed by atoms with van der Waals surface area (Å²) in [6.07, 6.45) is 0. The van der Waals surface area contributed by atoms with Crippen molar-refractivity contribution in [1.29, 1.82) is 0 Å². The van der Waals surface area contributed by atoms with Crippen molar-refractivity contribution in [3.05, 3.63) is 84.2 Å². The fourth-order valence-corrected chi connectivity index (χ4v) is 3.60. The molecule has 7 nitrogen and oxygen atoms in total. The molecule has 0 radical (unpaired) electrons. The molecule has 4 aromatic rings. The Labute approximate surface area is 195 Å². The van der Waals surface area contributed by atoms with Gasteiger partial charge in [-0.3, -0.25) is 4.68 Å². The van der Waals surface area contributed by atoms with Gasteiger partial charge < -0.3 is 19.3 Å². The van der Waals surface area contributed by atoms with Crippen LogP contribution in [0.25, 0.3) is 22.5 Å². The second-order valence-electron chi connectivity index (χ2n) is 7.45. The Morgan fingerprint density at radius 1 is 0.941 bits per heavy atom. The number of ether oxygens (including phenoxy) is 3. The van der Waals surface area contributed by atoms with Crippen LogP contribution in [0.1, 0.15) is 5.56 Å². The van der Waals surface area contributed by atoms with Crippen molar-refractivity contribution in [2.75, 3.05) is 20.8 Å². The van der Waals surface area contributed by atoms with Crippen LogP contribution < -0.4 is 14.2 Å². The number of carboxylic acid groups (broad SMARTS) is 1. The molecule has 0 saturated heterocycles. The lowest BCUT2D eigenvalue weighted by Gasteiger charge is -2.14. The molecule has 0 fully saturated rings. The minimum absolute atomic E-state index is 0.287. The van der Waals surface area contributed by atoms with Gasteiger partial charge in [0, 0.05) is 17.2 Å². The highest BCUT2D eigenvalue weighted by molar-refractivity contribution is 5.76. The first kappa shape index (κ1) is 22.8. The first-order valence-corrected chi connectivity index (χ1v) is 10.5. The number of rotatable bonds is 9. The summed E-state index contributed by atoms with van der Waals surface area (Å²) >= 11 is 0. The Morgan fingerprint density at radius 3 is 2.26 bits per heavy atom. The maximum atomic E-state index is 13.6. The van der Waals surface area contributed by atoms with Crippen LogP contribution in [0.15, 0.2) is 72.8 Å². The number of halogens is 1. The van der Waals surface area contributed by atoms with Gasteiger partial charge in [0.15, 0.2) is 18.1 Å². The van der Waals surface area contributed by atoms with Gasteiger partial charge in [-0.05, 0) is 42.0 Å². The van der Waals surface area contributed by atoms with Crippen molar-refractivity contribution < 1.29 is 28.5 Å². The SMILES string of the molecule is COc1cc(OCC(=O)O)c(-c2cc(-c3ccc(F)cc3)n(Cc3ccccc3)n2)cc1OC. The summed E-state index contributed by atoms with van der Waals surface area (Å²) in [5, 5.41) is 13.9. The second-order valence-corrected chi connectivity index (χ2v) is 7.45. The van der Waals surface area contributed by atoms with Gasteiger partial charge in [0.05, 0.1) is 32.2 Å². The van der Waals surface area contributed by atoms with E-state index in [2.05, 4.69) is 0 Å². The molecule has 0 spiro atoms. The van der Waals surface area contributed by atoms with E-state index in [1.54, 1.807) is 24.3 Å². The fraction of sp³-hybridized carbons (Fsp3) is 0.154. The molecule has 34 heavy (non-hydrogen) atoms. The molecule has 0 aliphatic rings. The second kappa shape index (κ2) is 10.1. The Morgan fingerprint density at radius 2 is 1.62 bits per heavy atom. The predicted octanol–water partition coefficient (Wildman–Crippen LogP) is 4.89. The summed E-state index contributed by atoms with van der Waals surface area (Å²) in [5.74, 6) is -0.310. The number of hydrogen-bond donors (Lipinski definition) is 1. The average Bonchev–Trinajstić information content (AvgIpc) is 3.26. The zero-order valence-corrected chi connectivity index (χ0v) is 18.7. The van der Waals surface area contributed by atoms with Crippen molar-refractivity contribution in [2.45, 2.75) is 6.54 Å². The average molecular weight is 462 g/mol. The molecule has 3 aromatic carbocycles. The lowest BCUT2D eigenvalue weighted by atomic mass is 10.1. The molecule has 0 atom stereocenters. The van der Waals surface area contributed by atoms with Gasteiger partial charge in [0.25, 0.3) is 0 Å². The van der Waals surface area contributed by atoms with Crippen molar-refractivity contribution in [3.8, 4) is 39.8 Å². The van der Waals surface area contributed by atoms with E-state index in [1.165, 1.54) is 26.4 Å². The summed E-state index contributed by atoms with van der Waals surface area (Å²) in [4.78, 5) is 11.1. The molecule has 0 aliphatic heterocycles. The number of methoxy groups -OCH3 is 2. The molecule has 0 bridgehead atoms. The number of carboxylic acids is 1. The van der Waals surface area contributed by atoms with Gasteiger partial charge in [-0.1, -0.05) is 30.3 Å². The highest BCUT2D eigenvalue weighted by Gasteiger charge is 2.20. The smallest absolute Gasteiger partial charge is 0.341 e. The minimum atomic E-state index is -1.11. The molecule has 174 valence electrons. The fourth-order valence-electron chi connectivity index (χ4n) is 3.60. The Hall–Kier alpha value is -4.33. The lowest BCUT2D eigenvalue weighted by molar-refractivity contribution is -0.139. The van der Waals surface area contributed by atoms with Gasteiger partial charge in [-0.15, -0.1) is 0 Å². The van der Waals surface area contributed by atoms with Gasteiger partial charge >= 0.3 is 5.97 Å². The molecule has 1 aromatic heterocycles.